The first-order valence-electron chi connectivity index (χ1n) is 12.3. The van der Waals surface area contributed by atoms with Crippen LogP contribution in [0.3, 0.4) is 0 Å². The van der Waals surface area contributed by atoms with Crippen LogP contribution in [0.4, 0.5) is 0 Å². The third-order valence-corrected chi connectivity index (χ3v) is 6.77. The number of halogens is 2. The van der Waals surface area contributed by atoms with Gasteiger partial charge in [-0.3, -0.25) is 19.2 Å². The van der Waals surface area contributed by atoms with Gasteiger partial charge >= 0.3 is 5.97 Å². The van der Waals surface area contributed by atoms with Gasteiger partial charge in [0, 0.05) is 35.6 Å². The van der Waals surface area contributed by atoms with Crippen molar-refractivity contribution >= 4 is 57.8 Å². The van der Waals surface area contributed by atoms with Crippen LogP contribution in [0.25, 0.3) is 10.9 Å². The number of aromatic nitrogens is 1. The molecule has 202 valence electrons. The first kappa shape index (κ1) is 29.0. The highest BCUT2D eigenvalue weighted by Gasteiger charge is 2.27. The fraction of sp³-hybridized carbons (Fsp3) is 0.333. The number of fused-ring (bicyclic) bond motifs is 1. The van der Waals surface area contributed by atoms with Gasteiger partial charge in [-0.2, -0.15) is 0 Å². The first-order valence-corrected chi connectivity index (χ1v) is 13.1. The molecule has 3 amide bonds. The fourth-order valence-electron chi connectivity index (χ4n) is 4.03. The van der Waals surface area contributed by atoms with E-state index in [-0.39, 0.29) is 34.4 Å². The van der Waals surface area contributed by atoms with Crippen molar-refractivity contribution in [2.24, 2.45) is 0 Å². The van der Waals surface area contributed by atoms with Crippen molar-refractivity contribution in [2.75, 3.05) is 6.54 Å². The number of carboxylic acids is 1. The molecule has 0 fully saturated rings. The second-order valence-corrected chi connectivity index (χ2v) is 9.65. The van der Waals surface area contributed by atoms with E-state index in [2.05, 4.69) is 20.9 Å². The minimum absolute atomic E-state index is 0.157. The molecule has 5 N–H and O–H groups in total. The minimum Gasteiger partial charge on any atom is -0.481 e. The number of rotatable bonds is 13. The SMILES string of the molecule is CCCC(NC(=O)C(CCC(=O)O)NC(=O)c1ccc(Cl)c(Cl)c1)C(=O)NCCc1c[nH]c2ccccc12. The molecular weight excluding hydrogens is 531 g/mol. The molecule has 0 saturated heterocycles. The van der Waals surface area contributed by atoms with Crippen LogP contribution < -0.4 is 16.0 Å². The monoisotopic (exact) mass is 560 g/mol. The van der Waals surface area contributed by atoms with E-state index in [9.17, 15) is 19.2 Å². The highest BCUT2D eigenvalue weighted by Crippen LogP contribution is 2.22. The number of H-pyrrole nitrogens is 1. The molecule has 0 spiro atoms. The summed E-state index contributed by atoms with van der Waals surface area (Å²) in [5.74, 6) is -2.74. The fourth-order valence-corrected chi connectivity index (χ4v) is 4.33. The van der Waals surface area contributed by atoms with Crippen molar-refractivity contribution in [3.05, 3.63) is 69.8 Å². The zero-order chi connectivity index (χ0) is 27.7. The summed E-state index contributed by atoms with van der Waals surface area (Å²) in [6, 6.07) is 10.1. The third-order valence-electron chi connectivity index (χ3n) is 6.03. The standard InChI is InChI=1S/C27H30Cl2N4O5/c1-2-5-22(26(37)30-13-12-17-15-31-21-7-4-3-6-18(17)21)33-27(38)23(10-11-24(34)35)32-25(36)16-8-9-19(28)20(29)14-16/h3-4,6-9,14-15,22-23,31H,2,5,10-13H2,1H3,(H,30,37)(H,32,36)(H,33,38)(H,34,35). The molecule has 0 radical (unpaired) electrons. The molecule has 1 heterocycles. The Labute approximate surface area is 230 Å². The topological polar surface area (TPSA) is 140 Å². The smallest absolute Gasteiger partial charge is 0.303 e. The predicted molar refractivity (Wildman–Crippen MR) is 146 cm³/mol. The zero-order valence-corrected chi connectivity index (χ0v) is 22.4. The number of amides is 3. The number of carbonyl (C=O) groups excluding carboxylic acids is 3. The van der Waals surface area contributed by atoms with E-state index in [1.165, 1.54) is 18.2 Å². The molecule has 3 aromatic rings. The summed E-state index contributed by atoms with van der Waals surface area (Å²) in [5, 5.41) is 18.7. The van der Waals surface area contributed by atoms with Crippen LogP contribution in [-0.4, -0.2) is 52.4 Å². The maximum atomic E-state index is 13.1. The highest BCUT2D eigenvalue weighted by molar-refractivity contribution is 6.42. The van der Waals surface area contributed by atoms with E-state index in [1.807, 2.05) is 37.4 Å². The number of carbonyl (C=O) groups is 4. The van der Waals surface area contributed by atoms with Gasteiger partial charge in [0.05, 0.1) is 10.0 Å². The van der Waals surface area contributed by atoms with Gasteiger partial charge in [-0.1, -0.05) is 54.7 Å². The summed E-state index contributed by atoms with van der Waals surface area (Å²) < 4.78 is 0. The first-order chi connectivity index (χ1) is 18.2. The van der Waals surface area contributed by atoms with Crippen LogP contribution >= 0.6 is 23.2 Å². The molecule has 1 aromatic heterocycles. The Kier molecular flexibility index (Phi) is 10.6. The van der Waals surface area contributed by atoms with Crippen molar-refractivity contribution in [3.63, 3.8) is 0 Å². The van der Waals surface area contributed by atoms with Gasteiger partial charge in [-0.15, -0.1) is 0 Å². The molecule has 2 aromatic carbocycles. The van der Waals surface area contributed by atoms with E-state index in [1.54, 1.807) is 0 Å². The summed E-state index contributed by atoms with van der Waals surface area (Å²) in [7, 11) is 0. The van der Waals surface area contributed by atoms with Gasteiger partial charge in [0.15, 0.2) is 0 Å². The lowest BCUT2D eigenvalue weighted by Gasteiger charge is -2.23. The molecule has 0 aliphatic rings. The molecule has 0 aliphatic heterocycles. The molecule has 0 aliphatic carbocycles. The zero-order valence-electron chi connectivity index (χ0n) is 20.9. The largest absolute Gasteiger partial charge is 0.481 e. The van der Waals surface area contributed by atoms with Crippen LogP contribution in [0.15, 0.2) is 48.7 Å². The number of aliphatic carboxylic acids is 1. The summed E-state index contributed by atoms with van der Waals surface area (Å²) in [4.78, 5) is 53.1. The van der Waals surface area contributed by atoms with Crippen molar-refractivity contribution in [3.8, 4) is 0 Å². The van der Waals surface area contributed by atoms with Gasteiger partial charge in [-0.25, -0.2) is 0 Å². The number of para-hydroxylation sites is 1. The lowest BCUT2D eigenvalue weighted by atomic mass is 10.1. The van der Waals surface area contributed by atoms with Gasteiger partial charge in [0.1, 0.15) is 12.1 Å². The summed E-state index contributed by atoms with van der Waals surface area (Å²) >= 11 is 11.9. The Bertz CT molecular complexity index is 1310. The van der Waals surface area contributed by atoms with E-state index < -0.39 is 29.9 Å². The third kappa shape index (κ3) is 7.97. The van der Waals surface area contributed by atoms with Crippen molar-refractivity contribution in [1.29, 1.82) is 0 Å². The Morgan fingerprint density at radius 2 is 1.68 bits per heavy atom. The lowest BCUT2D eigenvalue weighted by molar-refractivity contribution is -0.137. The summed E-state index contributed by atoms with van der Waals surface area (Å²) in [6.07, 6.45) is 2.99. The van der Waals surface area contributed by atoms with Crippen LogP contribution in [-0.2, 0) is 20.8 Å². The number of aromatic amines is 1. The molecular formula is C27H30Cl2N4O5. The highest BCUT2D eigenvalue weighted by atomic mass is 35.5. The van der Waals surface area contributed by atoms with Crippen molar-refractivity contribution in [2.45, 2.75) is 51.1 Å². The Morgan fingerprint density at radius 1 is 0.947 bits per heavy atom. The number of benzene rings is 2. The molecule has 0 bridgehead atoms. The summed E-state index contributed by atoms with van der Waals surface area (Å²) in [5.41, 5.74) is 2.24. The van der Waals surface area contributed by atoms with E-state index >= 15 is 0 Å². The second kappa shape index (κ2) is 13.8. The van der Waals surface area contributed by atoms with Gasteiger partial charge < -0.3 is 26.0 Å². The lowest BCUT2D eigenvalue weighted by Crippen LogP contribution is -2.54. The average Bonchev–Trinajstić information content (AvgIpc) is 3.30. The van der Waals surface area contributed by atoms with Crippen molar-refractivity contribution < 1.29 is 24.3 Å². The maximum absolute atomic E-state index is 13.1. The number of carboxylic acid groups (broad SMARTS) is 1. The summed E-state index contributed by atoms with van der Waals surface area (Å²) in [6.45, 7) is 2.25. The van der Waals surface area contributed by atoms with E-state index in [4.69, 9.17) is 28.3 Å². The second-order valence-electron chi connectivity index (χ2n) is 8.84. The predicted octanol–water partition coefficient (Wildman–Crippen LogP) is 4.08. The molecule has 2 atom stereocenters. The van der Waals surface area contributed by atoms with E-state index in [0.29, 0.717) is 25.8 Å². The van der Waals surface area contributed by atoms with E-state index in [0.717, 1.165) is 16.5 Å². The molecule has 9 nitrogen and oxygen atoms in total. The Morgan fingerprint density at radius 3 is 2.39 bits per heavy atom. The van der Waals surface area contributed by atoms with Crippen LogP contribution in [0.2, 0.25) is 10.0 Å². The Hall–Kier alpha value is -3.56. The van der Waals surface area contributed by atoms with Gasteiger partial charge in [0.25, 0.3) is 5.91 Å². The average molecular weight is 561 g/mol. The van der Waals surface area contributed by atoms with Crippen LogP contribution in [0.1, 0.15) is 48.5 Å². The van der Waals surface area contributed by atoms with Gasteiger partial charge in [0.2, 0.25) is 11.8 Å². The van der Waals surface area contributed by atoms with Crippen LogP contribution in [0.5, 0.6) is 0 Å². The molecule has 38 heavy (non-hydrogen) atoms. The molecule has 3 rings (SSSR count). The number of nitrogens with one attached hydrogen (secondary N) is 4. The normalized spacial score (nSPS) is 12.5. The number of hydrogen-bond acceptors (Lipinski definition) is 4. The minimum atomic E-state index is -1.17. The molecule has 2 unspecified atom stereocenters. The van der Waals surface area contributed by atoms with Crippen LogP contribution in [0, 0.1) is 0 Å². The molecule has 11 heteroatoms. The van der Waals surface area contributed by atoms with Crippen molar-refractivity contribution in [1.82, 2.24) is 20.9 Å². The molecule has 0 saturated carbocycles. The Balaban J connectivity index is 1.63. The maximum Gasteiger partial charge on any atom is 0.303 e. The number of hydrogen-bond donors (Lipinski definition) is 5. The quantitative estimate of drug-likeness (QED) is 0.214. The van der Waals surface area contributed by atoms with Gasteiger partial charge in [-0.05, 0) is 49.1 Å².